The van der Waals surface area contributed by atoms with Gasteiger partial charge in [0.05, 0.1) is 25.8 Å². The highest BCUT2D eigenvalue weighted by molar-refractivity contribution is 5.86. The quantitative estimate of drug-likeness (QED) is 0.624. The van der Waals surface area contributed by atoms with Gasteiger partial charge >= 0.3 is 0 Å². The number of benzene rings is 1. The second-order valence-electron chi connectivity index (χ2n) is 8.61. The van der Waals surface area contributed by atoms with Crippen molar-refractivity contribution in [3.63, 3.8) is 0 Å². The van der Waals surface area contributed by atoms with Gasteiger partial charge in [-0.2, -0.15) is 0 Å². The molecule has 1 aliphatic heterocycles. The fourth-order valence-corrected chi connectivity index (χ4v) is 4.62. The van der Waals surface area contributed by atoms with Crippen molar-refractivity contribution in [2.75, 3.05) is 20.2 Å². The Morgan fingerprint density at radius 3 is 2.81 bits per heavy atom. The van der Waals surface area contributed by atoms with E-state index in [0.717, 1.165) is 30.0 Å². The largest absolute Gasteiger partial charge is 0.493 e. The molecule has 2 atom stereocenters. The molecule has 2 fully saturated rings. The molecule has 2 unspecified atom stereocenters. The van der Waals surface area contributed by atoms with Gasteiger partial charge in [0.1, 0.15) is 5.82 Å². The number of likely N-dealkylation sites (tertiary alicyclic amines) is 1. The van der Waals surface area contributed by atoms with E-state index in [1.807, 2.05) is 25.1 Å². The van der Waals surface area contributed by atoms with Crippen LogP contribution in [0.3, 0.4) is 0 Å². The minimum Gasteiger partial charge on any atom is -0.493 e. The van der Waals surface area contributed by atoms with Gasteiger partial charge in [0, 0.05) is 31.3 Å². The lowest BCUT2D eigenvalue weighted by Gasteiger charge is -2.20. The Hall–Kier alpha value is -3.03. The van der Waals surface area contributed by atoms with E-state index < -0.39 is 0 Å². The number of nitrogens with one attached hydrogen (secondary N) is 2. The van der Waals surface area contributed by atoms with Crippen LogP contribution in [0.2, 0.25) is 0 Å². The molecule has 1 aromatic carbocycles. The zero-order chi connectivity index (χ0) is 22.5. The van der Waals surface area contributed by atoms with E-state index in [1.165, 1.54) is 12.8 Å². The minimum absolute atomic E-state index is 0.00900. The maximum atomic E-state index is 12.6. The number of nitrogens with zero attached hydrogens (tertiary/aromatic N) is 2. The summed E-state index contributed by atoms with van der Waals surface area (Å²) >= 11 is 0. The van der Waals surface area contributed by atoms with Gasteiger partial charge in [0.2, 0.25) is 11.8 Å². The second-order valence-corrected chi connectivity index (χ2v) is 8.61. The normalized spacial score (nSPS) is 19.9. The Kier molecular flexibility index (Phi) is 6.97. The van der Waals surface area contributed by atoms with E-state index in [2.05, 4.69) is 15.3 Å². The number of rotatable bonds is 9. The van der Waals surface area contributed by atoms with Gasteiger partial charge in [-0.1, -0.05) is 13.0 Å². The molecule has 8 nitrogen and oxygen atoms in total. The molecule has 172 valence electrons. The molecule has 0 radical (unpaired) electrons. The van der Waals surface area contributed by atoms with Crippen LogP contribution >= 0.6 is 0 Å². The average molecular weight is 441 g/mol. The molecule has 1 saturated carbocycles. The lowest BCUT2D eigenvalue weighted by molar-refractivity contribution is -0.133. The summed E-state index contributed by atoms with van der Waals surface area (Å²) in [6, 6.07) is 5.71. The molecule has 0 spiro atoms. The zero-order valence-electron chi connectivity index (χ0n) is 18.8. The van der Waals surface area contributed by atoms with Crippen molar-refractivity contribution in [1.29, 1.82) is 0 Å². The summed E-state index contributed by atoms with van der Waals surface area (Å²) in [5.41, 5.74) is 1.04. The molecule has 1 aliphatic carbocycles. The lowest BCUT2D eigenvalue weighted by atomic mass is 9.98. The number of carbonyl (C=O) groups is 2. The van der Waals surface area contributed by atoms with Crippen LogP contribution in [0.25, 0.3) is 0 Å². The molecule has 8 heteroatoms. The van der Waals surface area contributed by atoms with Crippen molar-refractivity contribution in [3.05, 3.63) is 42.0 Å². The van der Waals surface area contributed by atoms with Crippen molar-refractivity contribution in [1.82, 2.24) is 20.2 Å². The van der Waals surface area contributed by atoms with Gasteiger partial charge in [-0.3, -0.25) is 9.59 Å². The van der Waals surface area contributed by atoms with E-state index in [4.69, 9.17) is 9.47 Å². The first kappa shape index (κ1) is 22.2. The van der Waals surface area contributed by atoms with Gasteiger partial charge in [0.25, 0.3) is 0 Å². The average Bonchev–Trinajstić information content (AvgIpc) is 3.56. The standard InChI is InChI=1S/C24H32N4O4/c1-3-19(24-25-10-11-26-24)27-22(29)15-28-14-17(13-23(28)30)16-8-9-20(31-2)21(12-16)32-18-6-4-5-7-18/h8-12,17-19H,3-7,13-15H2,1-2H3,(H,25,26)(H,27,29). The highest BCUT2D eigenvalue weighted by Crippen LogP contribution is 2.37. The van der Waals surface area contributed by atoms with Crippen LogP contribution in [0.5, 0.6) is 11.5 Å². The number of imidazole rings is 1. The predicted octanol–water partition coefficient (Wildman–Crippen LogP) is 3.32. The van der Waals surface area contributed by atoms with E-state index in [0.29, 0.717) is 25.1 Å². The van der Waals surface area contributed by atoms with Crippen molar-refractivity contribution in [3.8, 4) is 11.5 Å². The summed E-state index contributed by atoms with van der Waals surface area (Å²) in [6.45, 7) is 2.55. The van der Waals surface area contributed by atoms with Gasteiger partial charge in [-0.15, -0.1) is 0 Å². The topological polar surface area (TPSA) is 96.6 Å². The molecule has 1 saturated heterocycles. The number of amides is 2. The second kappa shape index (κ2) is 10.1. The van der Waals surface area contributed by atoms with Crippen molar-refractivity contribution < 1.29 is 19.1 Å². The number of hydrogen-bond donors (Lipinski definition) is 2. The van der Waals surface area contributed by atoms with Crippen molar-refractivity contribution >= 4 is 11.8 Å². The van der Waals surface area contributed by atoms with Crippen molar-refractivity contribution in [2.24, 2.45) is 0 Å². The van der Waals surface area contributed by atoms with Crippen molar-refractivity contribution in [2.45, 2.75) is 63.5 Å². The van der Waals surface area contributed by atoms with Gasteiger partial charge in [-0.25, -0.2) is 4.98 Å². The number of aromatic nitrogens is 2. The Balaban J connectivity index is 1.39. The number of hydrogen-bond acceptors (Lipinski definition) is 5. The molecule has 2 aliphatic rings. The number of H-pyrrole nitrogens is 1. The van der Waals surface area contributed by atoms with Crippen LogP contribution in [-0.2, 0) is 9.59 Å². The fraction of sp³-hybridized carbons (Fsp3) is 0.542. The molecule has 2 amide bonds. The maximum Gasteiger partial charge on any atom is 0.240 e. The fourth-order valence-electron chi connectivity index (χ4n) is 4.62. The van der Waals surface area contributed by atoms with Crippen LogP contribution in [0, 0.1) is 0 Å². The summed E-state index contributed by atoms with van der Waals surface area (Å²) in [7, 11) is 1.64. The summed E-state index contributed by atoms with van der Waals surface area (Å²) in [5.74, 6) is 2.01. The minimum atomic E-state index is -0.192. The summed E-state index contributed by atoms with van der Waals surface area (Å²) in [4.78, 5) is 34.1. The van der Waals surface area contributed by atoms with Crippen LogP contribution in [0.15, 0.2) is 30.6 Å². The summed E-state index contributed by atoms with van der Waals surface area (Å²) in [5, 5.41) is 2.97. The van der Waals surface area contributed by atoms with E-state index in [1.54, 1.807) is 24.4 Å². The molecule has 0 bridgehead atoms. The molecule has 32 heavy (non-hydrogen) atoms. The zero-order valence-corrected chi connectivity index (χ0v) is 18.8. The van der Waals surface area contributed by atoms with Crippen LogP contribution in [-0.4, -0.2) is 53.0 Å². The Morgan fingerprint density at radius 2 is 2.12 bits per heavy atom. The first-order chi connectivity index (χ1) is 15.6. The Bertz CT molecular complexity index is 924. The number of ether oxygens (including phenoxy) is 2. The number of methoxy groups -OCH3 is 1. The molecule has 4 rings (SSSR count). The third kappa shape index (κ3) is 5.06. The highest BCUT2D eigenvalue weighted by atomic mass is 16.5. The van der Waals surface area contributed by atoms with E-state index in [-0.39, 0.29) is 36.4 Å². The first-order valence-electron chi connectivity index (χ1n) is 11.5. The van der Waals surface area contributed by atoms with Gasteiger partial charge in [-0.05, 0) is 49.8 Å². The predicted molar refractivity (Wildman–Crippen MR) is 120 cm³/mol. The summed E-state index contributed by atoms with van der Waals surface area (Å²) in [6.07, 6.45) is 9.24. The number of carbonyl (C=O) groups excluding carboxylic acids is 2. The van der Waals surface area contributed by atoms with Gasteiger partial charge in [0.15, 0.2) is 11.5 Å². The molecule has 2 aromatic rings. The highest BCUT2D eigenvalue weighted by Gasteiger charge is 2.33. The molecule has 2 N–H and O–H groups in total. The van der Waals surface area contributed by atoms with Crippen LogP contribution < -0.4 is 14.8 Å². The third-order valence-electron chi connectivity index (χ3n) is 6.40. The third-order valence-corrected chi connectivity index (χ3v) is 6.40. The summed E-state index contributed by atoms with van der Waals surface area (Å²) < 4.78 is 11.7. The lowest BCUT2D eigenvalue weighted by Crippen LogP contribution is -2.39. The molecular weight excluding hydrogens is 408 g/mol. The SMILES string of the molecule is CCC(NC(=O)CN1CC(c2ccc(OC)c(OC3CCCC3)c2)CC1=O)c1ncc[nH]1. The Morgan fingerprint density at radius 1 is 1.31 bits per heavy atom. The molecular formula is C24H32N4O4. The monoisotopic (exact) mass is 440 g/mol. The van der Waals surface area contributed by atoms with E-state index in [9.17, 15) is 9.59 Å². The smallest absolute Gasteiger partial charge is 0.240 e. The van der Waals surface area contributed by atoms with E-state index >= 15 is 0 Å². The molecule has 1 aromatic heterocycles. The Labute approximate surface area is 188 Å². The van der Waals surface area contributed by atoms with Crippen LogP contribution in [0.4, 0.5) is 0 Å². The number of aromatic amines is 1. The molecule has 2 heterocycles. The maximum absolute atomic E-state index is 12.6. The van der Waals surface area contributed by atoms with Gasteiger partial charge < -0.3 is 24.7 Å². The first-order valence-corrected chi connectivity index (χ1v) is 11.5. The van der Waals surface area contributed by atoms with Crippen LogP contribution in [0.1, 0.15) is 68.8 Å².